The summed E-state index contributed by atoms with van der Waals surface area (Å²) in [5.74, 6) is -0.0550. The van der Waals surface area contributed by atoms with Crippen LogP contribution in [0.3, 0.4) is 0 Å². The fourth-order valence-corrected chi connectivity index (χ4v) is 3.84. The Morgan fingerprint density at radius 2 is 1.84 bits per heavy atom. The topological polar surface area (TPSA) is 102 Å². The van der Waals surface area contributed by atoms with Gasteiger partial charge in [-0.15, -0.1) is 0 Å². The molecule has 1 aliphatic heterocycles. The van der Waals surface area contributed by atoms with Crippen molar-refractivity contribution in [1.82, 2.24) is 5.16 Å². The zero-order valence-electron chi connectivity index (χ0n) is 18.1. The van der Waals surface area contributed by atoms with Crippen LogP contribution in [0.25, 0.3) is 5.76 Å². The smallest absolute Gasteiger partial charge is 0.301 e. The lowest BCUT2D eigenvalue weighted by atomic mass is 9.94. The van der Waals surface area contributed by atoms with Crippen LogP contribution in [0, 0.1) is 13.8 Å². The summed E-state index contributed by atoms with van der Waals surface area (Å²) < 4.78 is 15.7. The molecule has 8 heteroatoms. The highest BCUT2D eigenvalue weighted by Crippen LogP contribution is 2.42. The van der Waals surface area contributed by atoms with Crippen molar-refractivity contribution in [2.45, 2.75) is 19.9 Å². The molecule has 1 N–H and O–H groups in total. The van der Waals surface area contributed by atoms with Gasteiger partial charge in [0.1, 0.15) is 23.0 Å². The SMILES string of the molecule is COc1cccc([C@@H]2C(=C(O)c3ccc(OC)c(C)c3)C(=O)C(=O)N2c2cc(C)on2)c1. The van der Waals surface area contributed by atoms with Gasteiger partial charge in [-0.05, 0) is 55.3 Å². The van der Waals surface area contributed by atoms with Gasteiger partial charge in [-0.2, -0.15) is 0 Å². The van der Waals surface area contributed by atoms with Gasteiger partial charge in [-0.3, -0.25) is 14.5 Å². The molecular formula is C24H22N2O6. The standard InChI is InChI=1S/C24H22N2O6/c1-13-10-16(8-9-18(13)31-4)22(27)20-21(15-6-5-7-17(12-15)30-3)26(24(29)23(20)28)19-11-14(2)32-25-19/h5-12,21,27H,1-4H3/t21-/m1/s1. The van der Waals surface area contributed by atoms with Crippen molar-refractivity contribution in [2.75, 3.05) is 19.1 Å². The Balaban J connectivity index is 1.94. The Morgan fingerprint density at radius 1 is 1.06 bits per heavy atom. The van der Waals surface area contributed by atoms with Crippen LogP contribution in [0.15, 0.2) is 58.6 Å². The number of anilines is 1. The van der Waals surface area contributed by atoms with Gasteiger partial charge in [-0.25, -0.2) is 0 Å². The van der Waals surface area contributed by atoms with Gasteiger partial charge in [0.15, 0.2) is 5.82 Å². The molecule has 0 saturated carbocycles. The second kappa shape index (κ2) is 8.22. The van der Waals surface area contributed by atoms with E-state index in [1.165, 1.54) is 12.0 Å². The van der Waals surface area contributed by atoms with Gasteiger partial charge in [0, 0.05) is 11.6 Å². The second-order valence-corrected chi connectivity index (χ2v) is 7.43. The number of aliphatic hydroxyl groups excluding tert-OH is 1. The number of aromatic nitrogens is 1. The van der Waals surface area contributed by atoms with Gasteiger partial charge in [0.25, 0.3) is 5.78 Å². The molecule has 32 heavy (non-hydrogen) atoms. The molecule has 1 aliphatic rings. The predicted molar refractivity (Wildman–Crippen MR) is 117 cm³/mol. The van der Waals surface area contributed by atoms with E-state index in [0.29, 0.717) is 28.4 Å². The first-order valence-corrected chi connectivity index (χ1v) is 9.89. The number of benzene rings is 2. The molecule has 1 atom stereocenters. The third kappa shape index (κ3) is 3.49. The summed E-state index contributed by atoms with van der Waals surface area (Å²) in [6.07, 6.45) is 0. The number of methoxy groups -OCH3 is 2. The van der Waals surface area contributed by atoms with Crippen molar-refractivity contribution in [1.29, 1.82) is 0 Å². The lowest BCUT2D eigenvalue weighted by Crippen LogP contribution is -2.29. The quantitative estimate of drug-likeness (QED) is 0.369. The number of rotatable bonds is 5. The number of Topliss-reactive ketones (excluding diaryl/α,β-unsaturated/α-hetero) is 1. The van der Waals surface area contributed by atoms with Crippen molar-refractivity contribution in [3.8, 4) is 11.5 Å². The minimum atomic E-state index is -0.919. The third-order valence-corrected chi connectivity index (χ3v) is 5.38. The van der Waals surface area contributed by atoms with Crippen LogP contribution in [0.2, 0.25) is 0 Å². The third-order valence-electron chi connectivity index (χ3n) is 5.38. The fourth-order valence-electron chi connectivity index (χ4n) is 3.84. The maximum Gasteiger partial charge on any atom is 0.301 e. The number of aliphatic hydroxyl groups is 1. The molecule has 3 aromatic rings. The van der Waals surface area contributed by atoms with Gasteiger partial charge in [0.05, 0.1) is 25.8 Å². The van der Waals surface area contributed by atoms with Crippen LogP contribution < -0.4 is 14.4 Å². The molecule has 0 bridgehead atoms. The van der Waals surface area contributed by atoms with Crippen LogP contribution in [0.1, 0.15) is 28.5 Å². The number of amides is 1. The van der Waals surface area contributed by atoms with Crippen molar-refractivity contribution >= 4 is 23.3 Å². The van der Waals surface area contributed by atoms with Crippen LogP contribution in [0.5, 0.6) is 11.5 Å². The van der Waals surface area contributed by atoms with Crippen molar-refractivity contribution in [3.63, 3.8) is 0 Å². The Hall–Kier alpha value is -4.07. The molecule has 1 saturated heterocycles. The molecule has 1 aromatic heterocycles. The average Bonchev–Trinajstić information content (AvgIpc) is 3.33. The van der Waals surface area contributed by atoms with E-state index in [2.05, 4.69) is 5.16 Å². The molecule has 2 heterocycles. The highest BCUT2D eigenvalue weighted by atomic mass is 16.5. The minimum absolute atomic E-state index is 0.0477. The molecule has 1 amide bonds. The predicted octanol–water partition coefficient (Wildman–Crippen LogP) is 3.93. The van der Waals surface area contributed by atoms with E-state index in [1.807, 2.05) is 6.92 Å². The van der Waals surface area contributed by atoms with E-state index in [9.17, 15) is 14.7 Å². The van der Waals surface area contributed by atoms with E-state index >= 15 is 0 Å². The summed E-state index contributed by atoms with van der Waals surface area (Å²) in [7, 11) is 3.08. The Labute approximate surface area is 184 Å². The maximum atomic E-state index is 13.1. The molecule has 1 fully saturated rings. The van der Waals surface area contributed by atoms with Gasteiger partial charge in [-0.1, -0.05) is 17.3 Å². The summed E-state index contributed by atoms with van der Waals surface area (Å²) in [5, 5.41) is 15.1. The first-order chi connectivity index (χ1) is 15.3. The Morgan fingerprint density at radius 3 is 2.47 bits per heavy atom. The summed E-state index contributed by atoms with van der Waals surface area (Å²) in [5.41, 5.74) is 1.70. The molecule has 0 unspecified atom stereocenters. The summed E-state index contributed by atoms with van der Waals surface area (Å²) in [6, 6.07) is 12.6. The number of nitrogens with zero attached hydrogens (tertiary/aromatic N) is 2. The normalized spacial score (nSPS) is 17.6. The van der Waals surface area contributed by atoms with Crippen LogP contribution in [-0.4, -0.2) is 36.2 Å². The Kier molecular flexibility index (Phi) is 5.44. The van der Waals surface area contributed by atoms with E-state index in [1.54, 1.807) is 62.6 Å². The Bertz CT molecular complexity index is 1240. The van der Waals surface area contributed by atoms with Gasteiger partial charge >= 0.3 is 5.91 Å². The molecule has 0 radical (unpaired) electrons. The number of ether oxygens (including phenoxy) is 2. The van der Waals surface area contributed by atoms with Crippen LogP contribution in [0.4, 0.5) is 5.82 Å². The molecule has 0 aliphatic carbocycles. The average molecular weight is 434 g/mol. The van der Waals surface area contributed by atoms with Gasteiger partial charge < -0.3 is 19.1 Å². The van der Waals surface area contributed by atoms with Crippen LogP contribution in [-0.2, 0) is 9.59 Å². The van der Waals surface area contributed by atoms with Crippen molar-refractivity contribution in [3.05, 3.63) is 76.6 Å². The molecule has 4 rings (SSSR count). The molecule has 2 aromatic carbocycles. The number of hydrogen-bond donors (Lipinski definition) is 1. The monoisotopic (exact) mass is 434 g/mol. The molecular weight excluding hydrogens is 412 g/mol. The number of hydrogen-bond acceptors (Lipinski definition) is 7. The lowest BCUT2D eigenvalue weighted by Gasteiger charge is -2.23. The largest absolute Gasteiger partial charge is 0.507 e. The second-order valence-electron chi connectivity index (χ2n) is 7.43. The molecule has 0 spiro atoms. The van der Waals surface area contributed by atoms with E-state index in [0.717, 1.165) is 5.56 Å². The first kappa shape index (κ1) is 21.2. The summed E-state index contributed by atoms with van der Waals surface area (Å²) in [6.45, 7) is 3.51. The van der Waals surface area contributed by atoms with Crippen LogP contribution >= 0.6 is 0 Å². The first-order valence-electron chi connectivity index (χ1n) is 9.89. The highest BCUT2D eigenvalue weighted by molar-refractivity contribution is 6.51. The summed E-state index contributed by atoms with van der Waals surface area (Å²) in [4.78, 5) is 27.4. The van der Waals surface area contributed by atoms with Gasteiger partial charge in [0.2, 0.25) is 0 Å². The number of carbonyl (C=O) groups is 2. The zero-order valence-corrected chi connectivity index (χ0v) is 18.1. The lowest BCUT2D eigenvalue weighted by molar-refractivity contribution is -0.132. The maximum absolute atomic E-state index is 13.1. The molecule has 8 nitrogen and oxygen atoms in total. The van der Waals surface area contributed by atoms with E-state index < -0.39 is 17.7 Å². The minimum Gasteiger partial charge on any atom is -0.507 e. The number of carbonyl (C=O) groups excluding carboxylic acids is 2. The zero-order chi connectivity index (χ0) is 23.0. The van der Waals surface area contributed by atoms with E-state index in [4.69, 9.17) is 14.0 Å². The van der Waals surface area contributed by atoms with Crippen molar-refractivity contribution in [2.24, 2.45) is 0 Å². The molecule has 164 valence electrons. The number of aryl methyl sites for hydroxylation is 2. The summed E-state index contributed by atoms with van der Waals surface area (Å²) >= 11 is 0. The number of ketones is 1. The van der Waals surface area contributed by atoms with Crippen molar-refractivity contribution < 1.29 is 28.7 Å². The van der Waals surface area contributed by atoms with E-state index in [-0.39, 0.29) is 17.2 Å². The highest BCUT2D eigenvalue weighted by Gasteiger charge is 2.48. The fraction of sp³-hybridized carbons (Fsp3) is 0.208.